The van der Waals surface area contributed by atoms with Gasteiger partial charge in [0.1, 0.15) is 6.26 Å². The van der Waals surface area contributed by atoms with E-state index >= 15 is 0 Å². The highest BCUT2D eigenvalue weighted by atomic mass is 16.5. The number of nitrogens with one attached hydrogen (secondary N) is 1. The third-order valence-electron chi connectivity index (χ3n) is 3.16. The molecule has 0 atom stereocenters. The van der Waals surface area contributed by atoms with Gasteiger partial charge in [-0.25, -0.2) is 4.79 Å². The van der Waals surface area contributed by atoms with Crippen molar-refractivity contribution in [3.8, 4) is 5.82 Å². The maximum Gasteiger partial charge on any atom is 0.330 e. The molecule has 1 amide bonds. The van der Waals surface area contributed by atoms with E-state index in [1.54, 1.807) is 12.1 Å². The number of hydrogen-bond donors (Lipinski definition) is 1. The van der Waals surface area contributed by atoms with Gasteiger partial charge in [0.15, 0.2) is 5.82 Å². The number of esters is 1. The van der Waals surface area contributed by atoms with Gasteiger partial charge in [-0.3, -0.25) is 9.36 Å². The second kappa shape index (κ2) is 6.75. The van der Waals surface area contributed by atoms with E-state index < -0.39 is 5.97 Å². The second-order valence-electron chi connectivity index (χ2n) is 4.61. The molecule has 2 aromatic rings. The van der Waals surface area contributed by atoms with Crippen molar-refractivity contribution in [2.45, 2.75) is 13.8 Å². The largest absolute Gasteiger partial charge is 0.466 e. The number of ether oxygens (including phenoxy) is 1. The van der Waals surface area contributed by atoms with Crippen LogP contribution in [0.1, 0.15) is 21.7 Å². The van der Waals surface area contributed by atoms with Crippen LogP contribution in [0.4, 0.5) is 0 Å². The minimum atomic E-state index is -0.460. The van der Waals surface area contributed by atoms with Gasteiger partial charge < -0.3 is 14.6 Å². The molecule has 2 heterocycles. The highest BCUT2D eigenvalue weighted by Crippen LogP contribution is 2.19. The number of aromatic nitrogens is 2. The van der Waals surface area contributed by atoms with Gasteiger partial charge in [0.2, 0.25) is 0 Å². The van der Waals surface area contributed by atoms with E-state index in [0.717, 1.165) is 11.4 Å². The van der Waals surface area contributed by atoms with Crippen molar-refractivity contribution in [2.24, 2.45) is 0 Å². The molecule has 22 heavy (non-hydrogen) atoms. The highest BCUT2D eigenvalue weighted by Gasteiger charge is 2.17. The fourth-order valence-corrected chi connectivity index (χ4v) is 2.14. The van der Waals surface area contributed by atoms with Gasteiger partial charge in [0, 0.05) is 30.1 Å². The van der Waals surface area contributed by atoms with Crippen LogP contribution in [-0.2, 0) is 9.53 Å². The number of carbonyl (C=O) groups is 2. The van der Waals surface area contributed by atoms with Crippen LogP contribution < -0.4 is 5.32 Å². The Labute approximate surface area is 127 Å². The van der Waals surface area contributed by atoms with E-state index in [4.69, 9.17) is 4.52 Å². The molecule has 0 aliphatic rings. The molecule has 0 aliphatic carbocycles. The van der Waals surface area contributed by atoms with E-state index in [1.165, 1.54) is 25.5 Å². The van der Waals surface area contributed by atoms with Gasteiger partial charge in [0.25, 0.3) is 5.91 Å². The molecule has 2 aromatic heterocycles. The predicted octanol–water partition coefficient (Wildman–Crippen LogP) is 1.54. The summed E-state index contributed by atoms with van der Waals surface area (Å²) in [5.74, 6) is -0.0598. The number of hydrogen-bond acceptors (Lipinski definition) is 5. The normalized spacial score (nSPS) is 10.9. The lowest BCUT2D eigenvalue weighted by Gasteiger charge is -2.05. The van der Waals surface area contributed by atoms with Crippen molar-refractivity contribution in [1.29, 1.82) is 0 Å². The van der Waals surface area contributed by atoms with Crippen molar-refractivity contribution in [2.75, 3.05) is 13.7 Å². The quantitative estimate of drug-likeness (QED) is 0.669. The summed E-state index contributed by atoms with van der Waals surface area (Å²) in [7, 11) is 1.30. The molecule has 0 spiro atoms. The van der Waals surface area contributed by atoms with Gasteiger partial charge in [-0.15, -0.1) is 0 Å². The molecule has 1 N–H and O–H groups in total. The van der Waals surface area contributed by atoms with Crippen molar-refractivity contribution in [3.63, 3.8) is 0 Å². The van der Waals surface area contributed by atoms with Crippen LogP contribution in [0.3, 0.4) is 0 Å². The lowest BCUT2D eigenvalue weighted by Crippen LogP contribution is -2.24. The van der Waals surface area contributed by atoms with E-state index in [1.807, 2.05) is 18.4 Å². The van der Waals surface area contributed by atoms with Gasteiger partial charge in [-0.2, -0.15) is 0 Å². The molecule has 0 unspecified atom stereocenters. The fourth-order valence-electron chi connectivity index (χ4n) is 2.14. The van der Waals surface area contributed by atoms with Gasteiger partial charge >= 0.3 is 5.97 Å². The Balaban J connectivity index is 2.10. The number of amides is 1. The first-order valence-corrected chi connectivity index (χ1v) is 6.67. The molecule has 0 aliphatic heterocycles. The summed E-state index contributed by atoms with van der Waals surface area (Å²) < 4.78 is 11.1. The molecule has 7 heteroatoms. The first-order chi connectivity index (χ1) is 10.5. The predicted molar refractivity (Wildman–Crippen MR) is 78.8 cm³/mol. The smallest absolute Gasteiger partial charge is 0.330 e. The van der Waals surface area contributed by atoms with Crippen molar-refractivity contribution in [1.82, 2.24) is 15.0 Å². The molecule has 116 valence electrons. The molecule has 0 saturated carbocycles. The average Bonchev–Trinajstić information content (AvgIpc) is 3.11. The van der Waals surface area contributed by atoms with E-state index in [0.29, 0.717) is 11.4 Å². The molecule has 0 radical (unpaired) electrons. The van der Waals surface area contributed by atoms with Gasteiger partial charge in [-0.1, -0.05) is 11.2 Å². The monoisotopic (exact) mass is 303 g/mol. The third-order valence-corrected chi connectivity index (χ3v) is 3.16. The van der Waals surface area contributed by atoms with Crippen molar-refractivity contribution >= 4 is 11.9 Å². The molecule has 0 saturated heterocycles. The zero-order valence-corrected chi connectivity index (χ0v) is 12.6. The molecular weight excluding hydrogens is 286 g/mol. The van der Waals surface area contributed by atoms with Crippen molar-refractivity contribution < 1.29 is 18.8 Å². The first-order valence-electron chi connectivity index (χ1n) is 6.67. The van der Waals surface area contributed by atoms with Gasteiger partial charge in [-0.05, 0) is 19.9 Å². The van der Waals surface area contributed by atoms with E-state index in [-0.39, 0.29) is 12.5 Å². The van der Waals surface area contributed by atoms with Crippen LogP contribution >= 0.6 is 0 Å². The first kappa shape index (κ1) is 15.6. The number of aryl methyl sites for hydroxylation is 1. The van der Waals surface area contributed by atoms with Crippen LogP contribution in [0.5, 0.6) is 0 Å². The Bertz CT molecular complexity index is 699. The summed E-state index contributed by atoms with van der Waals surface area (Å²) in [5.41, 5.74) is 2.19. The van der Waals surface area contributed by atoms with Crippen LogP contribution in [-0.4, -0.2) is 35.3 Å². The molecule has 0 bridgehead atoms. The molecule has 0 aromatic carbocycles. The lowest BCUT2D eigenvalue weighted by molar-refractivity contribution is -0.134. The molecule has 2 rings (SSSR count). The summed E-state index contributed by atoms with van der Waals surface area (Å²) >= 11 is 0. The second-order valence-corrected chi connectivity index (χ2v) is 4.61. The number of nitrogens with zero attached hydrogens (tertiary/aromatic N) is 2. The minimum absolute atomic E-state index is 0.225. The van der Waals surface area contributed by atoms with Crippen LogP contribution in [0.15, 0.2) is 35.1 Å². The van der Waals surface area contributed by atoms with Crippen LogP contribution in [0.25, 0.3) is 5.82 Å². The minimum Gasteiger partial charge on any atom is -0.466 e. The number of carbonyl (C=O) groups excluding carboxylic acids is 2. The SMILES string of the molecule is COC(=O)/C=C/CNC(=O)c1cc(C)n(-c2ccon2)c1C. The Morgan fingerprint density at radius 2 is 2.23 bits per heavy atom. The Hall–Kier alpha value is -2.83. The van der Waals surface area contributed by atoms with E-state index in [2.05, 4.69) is 15.2 Å². The van der Waals surface area contributed by atoms with Crippen molar-refractivity contribution in [3.05, 3.63) is 47.5 Å². The lowest BCUT2D eigenvalue weighted by atomic mass is 10.2. The summed E-state index contributed by atoms with van der Waals surface area (Å²) in [6.45, 7) is 3.96. The summed E-state index contributed by atoms with van der Waals surface area (Å²) in [6.07, 6.45) is 4.27. The summed E-state index contributed by atoms with van der Waals surface area (Å²) in [5, 5.41) is 6.59. The Morgan fingerprint density at radius 1 is 1.45 bits per heavy atom. The standard InChI is InChI=1S/C15H17N3O4/c1-10-9-12(11(2)18(10)13-6-8-22-17-13)15(20)16-7-4-5-14(19)21-3/h4-6,8-9H,7H2,1-3H3,(H,16,20)/b5-4+. The zero-order valence-electron chi connectivity index (χ0n) is 12.6. The maximum absolute atomic E-state index is 12.2. The zero-order chi connectivity index (χ0) is 16.1. The summed E-state index contributed by atoms with van der Waals surface area (Å²) in [6, 6.07) is 3.50. The molecule has 0 fully saturated rings. The van der Waals surface area contributed by atoms with Crippen LogP contribution in [0, 0.1) is 13.8 Å². The number of rotatable bonds is 5. The Morgan fingerprint density at radius 3 is 2.86 bits per heavy atom. The van der Waals surface area contributed by atoms with E-state index in [9.17, 15) is 9.59 Å². The third kappa shape index (κ3) is 3.25. The highest BCUT2D eigenvalue weighted by molar-refractivity contribution is 5.96. The summed E-state index contributed by atoms with van der Waals surface area (Å²) in [4.78, 5) is 23.1. The number of methoxy groups -OCH3 is 1. The maximum atomic E-state index is 12.2. The Kier molecular flexibility index (Phi) is 4.77. The average molecular weight is 303 g/mol. The molecule has 7 nitrogen and oxygen atoms in total. The topological polar surface area (TPSA) is 86.4 Å². The molecular formula is C15H17N3O4. The van der Waals surface area contributed by atoms with Crippen LogP contribution in [0.2, 0.25) is 0 Å². The fraction of sp³-hybridized carbons (Fsp3) is 0.267. The van der Waals surface area contributed by atoms with Gasteiger partial charge in [0.05, 0.1) is 12.7 Å².